The van der Waals surface area contributed by atoms with Crippen LogP contribution in [0.5, 0.6) is 0 Å². The lowest BCUT2D eigenvalue weighted by Crippen LogP contribution is -2.11. The number of hydrogen-bond acceptors (Lipinski definition) is 0. The summed E-state index contributed by atoms with van der Waals surface area (Å²) in [5.74, 6) is 0. The van der Waals surface area contributed by atoms with Crippen molar-refractivity contribution in [2.24, 2.45) is 0 Å². The highest BCUT2D eigenvalue weighted by Crippen LogP contribution is 2.34. The van der Waals surface area contributed by atoms with Gasteiger partial charge >= 0.3 is 0 Å². The van der Waals surface area contributed by atoms with E-state index in [1.807, 2.05) is 0 Å². The van der Waals surface area contributed by atoms with Crippen molar-refractivity contribution in [1.82, 2.24) is 0 Å². The molecule has 0 nitrogen and oxygen atoms in total. The maximum absolute atomic E-state index is 6.05. The highest BCUT2D eigenvalue weighted by molar-refractivity contribution is 6.67. The van der Waals surface area contributed by atoms with E-state index in [1.165, 1.54) is 32.1 Å². The Bertz CT molecular complexity index is 142. The molecule has 0 spiro atoms. The van der Waals surface area contributed by atoms with E-state index >= 15 is 0 Å². The third kappa shape index (κ3) is 13.1. The predicted octanol–water partition coefficient (Wildman–Crippen LogP) is 6.10. The van der Waals surface area contributed by atoms with Crippen molar-refractivity contribution in [3.05, 3.63) is 0 Å². The van der Waals surface area contributed by atoms with E-state index < -0.39 is 3.79 Å². The summed E-state index contributed by atoms with van der Waals surface area (Å²) < 4.78 is -1.20. The fourth-order valence-corrected chi connectivity index (χ4v) is 2.68. The summed E-state index contributed by atoms with van der Waals surface area (Å²) in [4.78, 5) is 0. The van der Waals surface area contributed by atoms with Crippen molar-refractivity contribution in [3.8, 4) is 0 Å². The molecule has 0 aromatic carbocycles. The summed E-state index contributed by atoms with van der Waals surface area (Å²) in [6, 6.07) is 0. The van der Waals surface area contributed by atoms with Gasteiger partial charge in [0.15, 0.2) is 3.79 Å². The average Bonchev–Trinajstić information content (AvgIpc) is 2.08. The van der Waals surface area contributed by atoms with Gasteiger partial charge in [0.25, 0.3) is 0 Å². The van der Waals surface area contributed by atoms with Gasteiger partial charge in [-0.1, -0.05) is 80.3 Å². The lowest BCUT2D eigenvalue weighted by atomic mass is 10.1. The first-order valence-corrected chi connectivity index (χ1v) is 7.23. The zero-order chi connectivity index (χ0) is 11.7. The Morgan fingerprint density at radius 3 is 2.00 bits per heavy atom. The van der Waals surface area contributed by atoms with Gasteiger partial charge in [-0.3, -0.25) is 0 Å². The zero-order valence-electron chi connectivity index (χ0n) is 9.25. The molecule has 0 aliphatic heterocycles. The quantitative estimate of drug-likeness (QED) is 0.374. The molecule has 0 aliphatic carbocycles. The third-order valence-electron chi connectivity index (χ3n) is 2.32. The molecule has 1 unspecified atom stereocenters. The van der Waals surface area contributed by atoms with Gasteiger partial charge in [-0.05, 0) is 6.42 Å². The largest absolute Gasteiger partial charge is 0.192 e. The minimum absolute atomic E-state index is 0.0105. The molecule has 0 amide bonds. The first-order chi connectivity index (χ1) is 6.95. The summed E-state index contributed by atoms with van der Waals surface area (Å²) in [6.07, 6.45) is 9.00. The molecule has 0 aromatic heterocycles. The Kier molecular flexibility index (Phi) is 9.93. The molecule has 0 radical (unpaired) electrons. The van der Waals surface area contributed by atoms with Gasteiger partial charge in [-0.15, -0.1) is 11.6 Å². The van der Waals surface area contributed by atoms with Gasteiger partial charge < -0.3 is 0 Å². The molecule has 0 aliphatic rings. The molecule has 0 fully saturated rings. The number of alkyl halides is 4. The monoisotopic (exact) mass is 292 g/mol. The molecule has 0 aromatic rings. The van der Waals surface area contributed by atoms with Crippen molar-refractivity contribution in [2.75, 3.05) is 0 Å². The Balaban J connectivity index is 3.28. The van der Waals surface area contributed by atoms with Gasteiger partial charge in [0.05, 0.1) is 0 Å². The molecular formula is C11H20Cl4. The van der Waals surface area contributed by atoms with Gasteiger partial charge in [0, 0.05) is 11.8 Å². The normalized spacial score (nSPS) is 14.2. The molecule has 0 rings (SSSR count). The van der Waals surface area contributed by atoms with E-state index in [2.05, 4.69) is 6.92 Å². The molecule has 15 heavy (non-hydrogen) atoms. The maximum Gasteiger partial charge on any atom is 0.192 e. The summed E-state index contributed by atoms with van der Waals surface area (Å²) >= 11 is 23.0. The molecule has 0 bridgehead atoms. The second-order valence-corrected chi connectivity index (χ2v) is 7.11. The van der Waals surface area contributed by atoms with Gasteiger partial charge in [-0.2, -0.15) is 0 Å². The molecule has 92 valence electrons. The molecule has 4 heteroatoms. The highest BCUT2D eigenvalue weighted by Gasteiger charge is 2.23. The fourth-order valence-electron chi connectivity index (χ4n) is 1.50. The van der Waals surface area contributed by atoms with Crippen molar-refractivity contribution in [3.63, 3.8) is 0 Å². The third-order valence-corrected chi connectivity index (χ3v) is 3.16. The van der Waals surface area contributed by atoms with Gasteiger partial charge in [0.2, 0.25) is 0 Å². The van der Waals surface area contributed by atoms with Crippen LogP contribution in [-0.2, 0) is 0 Å². The zero-order valence-corrected chi connectivity index (χ0v) is 12.3. The second kappa shape index (κ2) is 9.22. The first kappa shape index (κ1) is 16.2. The van der Waals surface area contributed by atoms with E-state index in [0.717, 1.165) is 12.8 Å². The van der Waals surface area contributed by atoms with Crippen molar-refractivity contribution >= 4 is 46.4 Å². The lowest BCUT2D eigenvalue weighted by Gasteiger charge is -2.15. The van der Waals surface area contributed by atoms with Crippen LogP contribution in [0.4, 0.5) is 0 Å². The summed E-state index contributed by atoms with van der Waals surface area (Å²) in [5, 5.41) is -0.0105. The Morgan fingerprint density at radius 1 is 0.933 bits per heavy atom. The first-order valence-electron chi connectivity index (χ1n) is 5.66. The Morgan fingerprint density at radius 2 is 1.47 bits per heavy atom. The van der Waals surface area contributed by atoms with Crippen LogP contribution in [0, 0.1) is 0 Å². The van der Waals surface area contributed by atoms with Crippen LogP contribution in [0.15, 0.2) is 0 Å². The summed E-state index contributed by atoms with van der Waals surface area (Å²) in [5.41, 5.74) is 0. The topological polar surface area (TPSA) is 0 Å². The minimum Gasteiger partial charge on any atom is -0.123 e. The van der Waals surface area contributed by atoms with E-state index in [4.69, 9.17) is 46.4 Å². The van der Waals surface area contributed by atoms with Crippen molar-refractivity contribution in [1.29, 1.82) is 0 Å². The van der Waals surface area contributed by atoms with E-state index in [-0.39, 0.29) is 5.38 Å². The predicted molar refractivity (Wildman–Crippen MR) is 72.5 cm³/mol. The van der Waals surface area contributed by atoms with Crippen LogP contribution in [-0.4, -0.2) is 9.17 Å². The lowest BCUT2D eigenvalue weighted by molar-refractivity contribution is 0.570. The van der Waals surface area contributed by atoms with Crippen LogP contribution >= 0.6 is 46.4 Å². The smallest absolute Gasteiger partial charge is 0.123 e. The second-order valence-electron chi connectivity index (χ2n) is 3.97. The van der Waals surface area contributed by atoms with Crippen LogP contribution in [0.3, 0.4) is 0 Å². The standard InChI is InChI=1S/C11H20Cl4/c1-2-3-4-5-6-7-8-10(12)9-11(13,14)15/h10H,2-9H2,1H3. The van der Waals surface area contributed by atoms with Gasteiger partial charge in [0.1, 0.15) is 0 Å². The highest BCUT2D eigenvalue weighted by atomic mass is 35.6. The Labute approximate surface area is 114 Å². The molecule has 0 saturated carbocycles. The molecular weight excluding hydrogens is 274 g/mol. The molecule has 0 N–H and O–H groups in total. The van der Waals surface area contributed by atoms with E-state index in [9.17, 15) is 0 Å². The van der Waals surface area contributed by atoms with Gasteiger partial charge in [-0.25, -0.2) is 0 Å². The van der Waals surface area contributed by atoms with Crippen LogP contribution in [0.25, 0.3) is 0 Å². The molecule has 0 saturated heterocycles. The minimum atomic E-state index is -1.20. The Hall–Kier alpha value is 1.16. The molecule has 0 heterocycles. The number of rotatable bonds is 8. The molecule has 1 atom stereocenters. The summed E-state index contributed by atoms with van der Waals surface area (Å²) in [7, 11) is 0. The average molecular weight is 294 g/mol. The SMILES string of the molecule is CCCCCCCCC(Cl)CC(Cl)(Cl)Cl. The fraction of sp³-hybridized carbons (Fsp3) is 1.00. The number of halogens is 4. The van der Waals surface area contributed by atoms with Crippen molar-refractivity contribution in [2.45, 2.75) is 67.5 Å². The van der Waals surface area contributed by atoms with Crippen LogP contribution in [0.1, 0.15) is 58.3 Å². The summed E-state index contributed by atoms with van der Waals surface area (Å²) in [6.45, 7) is 2.22. The number of unbranched alkanes of at least 4 members (excludes halogenated alkanes) is 5. The van der Waals surface area contributed by atoms with Crippen LogP contribution < -0.4 is 0 Å². The van der Waals surface area contributed by atoms with E-state index in [0.29, 0.717) is 6.42 Å². The van der Waals surface area contributed by atoms with E-state index in [1.54, 1.807) is 0 Å². The number of hydrogen-bond donors (Lipinski definition) is 0. The van der Waals surface area contributed by atoms with Crippen LogP contribution in [0.2, 0.25) is 0 Å². The van der Waals surface area contributed by atoms with Crippen molar-refractivity contribution < 1.29 is 0 Å². The maximum atomic E-state index is 6.05.